The summed E-state index contributed by atoms with van der Waals surface area (Å²) >= 11 is 0. The lowest BCUT2D eigenvalue weighted by Gasteiger charge is -2.24. The average Bonchev–Trinajstić information content (AvgIpc) is 3.39. The second-order valence-electron chi connectivity index (χ2n) is 7.72. The molecule has 2 aromatic carbocycles. The molecular formula is C24H25NO8. The molecule has 2 saturated heterocycles. The summed E-state index contributed by atoms with van der Waals surface area (Å²) in [6, 6.07) is 16.8. The molecule has 5 atom stereocenters. The van der Waals surface area contributed by atoms with Crippen molar-refractivity contribution < 1.29 is 38.2 Å². The van der Waals surface area contributed by atoms with Crippen molar-refractivity contribution in [2.24, 2.45) is 5.92 Å². The molecule has 2 aliphatic heterocycles. The molecule has 0 bridgehead atoms. The highest BCUT2D eigenvalue weighted by Gasteiger charge is 2.57. The summed E-state index contributed by atoms with van der Waals surface area (Å²) in [5, 5.41) is 1.52. The minimum absolute atomic E-state index is 0.394. The molecule has 9 nitrogen and oxygen atoms in total. The highest BCUT2D eigenvalue weighted by atomic mass is 16.8. The van der Waals surface area contributed by atoms with Crippen LogP contribution in [0.25, 0.3) is 0 Å². The molecule has 0 amide bonds. The van der Waals surface area contributed by atoms with Gasteiger partial charge in [0.25, 0.3) is 0 Å². The van der Waals surface area contributed by atoms with Gasteiger partial charge in [0.05, 0.1) is 18.7 Å². The Labute approximate surface area is 191 Å². The lowest BCUT2D eigenvalue weighted by atomic mass is 9.96. The zero-order valence-corrected chi connectivity index (χ0v) is 18.3. The summed E-state index contributed by atoms with van der Waals surface area (Å²) in [5.74, 6) is -2.84. The fourth-order valence-corrected chi connectivity index (χ4v) is 4.22. The third-order valence-corrected chi connectivity index (χ3v) is 5.77. The van der Waals surface area contributed by atoms with Crippen LogP contribution in [0.4, 0.5) is 0 Å². The number of esters is 3. The van der Waals surface area contributed by atoms with Crippen LogP contribution in [-0.2, 0) is 33.4 Å². The Balaban J connectivity index is 1.50. The Morgan fingerprint density at radius 1 is 0.970 bits per heavy atom. The van der Waals surface area contributed by atoms with Gasteiger partial charge in [-0.3, -0.25) is 9.63 Å². The van der Waals surface area contributed by atoms with E-state index >= 15 is 0 Å². The van der Waals surface area contributed by atoms with E-state index in [0.717, 1.165) is 0 Å². The first-order valence-electron chi connectivity index (χ1n) is 10.6. The zero-order valence-electron chi connectivity index (χ0n) is 18.3. The van der Waals surface area contributed by atoms with Crippen LogP contribution >= 0.6 is 0 Å². The molecule has 0 aromatic heterocycles. The number of benzene rings is 2. The van der Waals surface area contributed by atoms with E-state index in [-0.39, 0.29) is 0 Å². The molecule has 0 N–H and O–H groups in total. The van der Waals surface area contributed by atoms with Crippen LogP contribution in [-0.4, -0.2) is 62.2 Å². The number of rotatable bonds is 7. The van der Waals surface area contributed by atoms with Gasteiger partial charge in [-0.05, 0) is 17.7 Å². The molecule has 33 heavy (non-hydrogen) atoms. The van der Waals surface area contributed by atoms with Gasteiger partial charge in [0, 0.05) is 20.1 Å². The predicted octanol–water partition coefficient (Wildman–Crippen LogP) is 2.28. The highest BCUT2D eigenvalue weighted by molar-refractivity contribution is 5.89. The Morgan fingerprint density at radius 2 is 1.64 bits per heavy atom. The van der Waals surface area contributed by atoms with Crippen LogP contribution in [0.2, 0.25) is 0 Å². The number of nitrogens with zero attached hydrogens (tertiary/aromatic N) is 1. The van der Waals surface area contributed by atoms with Crippen molar-refractivity contribution >= 4 is 17.9 Å². The highest BCUT2D eigenvalue weighted by Crippen LogP contribution is 2.39. The van der Waals surface area contributed by atoms with Crippen molar-refractivity contribution in [1.82, 2.24) is 5.06 Å². The number of hydrogen-bond donors (Lipinski definition) is 0. The first-order chi connectivity index (χ1) is 16.0. The summed E-state index contributed by atoms with van der Waals surface area (Å²) in [5.41, 5.74) is 1.01. The van der Waals surface area contributed by atoms with E-state index in [1.165, 1.54) is 19.3 Å². The third-order valence-electron chi connectivity index (χ3n) is 5.77. The number of methoxy groups -OCH3 is 2. The second-order valence-corrected chi connectivity index (χ2v) is 7.72. The smallest absolute Gasteiger partial charge is 0.342 e. The molecule has 174 valence electrons. The van der Waals surface area contributed by atoms with Crippen molar-refractivity contribution in [2.45, 2.75) is 31.0 Å². The van der Waals surface area contributed by atoms with Gasteiger partial charge in [-0.25, -0.2) is 9.59 Å². The first kappa shape index (κ1) is 22.9. The SMILES string of the molecule is COC(=O)[C@H]1[C@H](OC(=O)[C@@H](OC)c2ccccc2)ON2CC[C@@H](OC(=O)c3ccccc3)[C@H]12. The van der Waals surface area contributed by atoms with Gasteiger partial charge >= 0.3 is 17.9 Å². The molecule has 0 spiro atoms. The van der Waals surface area contributed by atoms with Crippen LogP contribution < -0.4 is 0 Å². The summed E-state index contributed by atoms with van der Waals surface area (Å²) in [4.78, 5) is 43.9. The molecule has 0 saturated carbocycles. The molecule has 4 rings (SSSR count). The lowest BCUT2D eigenvalue weighted by molar-refractivity contribution is -0.240. The molecular weight excluding hydrogens is 430 g/mol. The lowest BCUT2D eigenvalue weighted by Crippen LogP contribution is -2.43. The molecule has 2 heterocycles. The Kier molecular flexibility index (Phi) is 7.02. The largest absolute Gasteiger partial charge is 0.469 e. The molecule has 2 aliphatic rings. The van der Waals surface area contributed by atoms with E-state index in [4.69, 9.17) is 23.8 Å². The van der Waals surface area contributed by atoms with Gasteiger partial charge in [-0.15, -0.1) is 0 Å². The molecule has 0 aliphatic carbocycles. The molecule has 2 aromatic rings. The first-order valence-corrected chi connectivity index (χ1v) is 10.6. The van der Waals surface area contributed by atoms with E-state index in [9.17, 15) is 14.4 Å². The number of carbonyl (C=O) groups excluding carboxylic acids is 3. The van der Waals surface area contributed by atoms with Crippen molar-refractivity contribution in [3.05, 3.63) is 71.8 Å². The van der Waals surface area contributed by atoms with Gasteiger partial charge in [0.15, 0.2) is 6.10 Å². The van der Waals surface area contributed by atoms with Crippen molar-refractivity contribution in [1.29, 1.82) is 0 Å². The molecule has 0 radical (unpaired) electrons. The molecule has 0 unspecified atom stereocenters. The number of ether oxygens (including phenoxy) is 4. The maximum atomic E-state index is 12.9. The topological polar surface area (TPSA) is 101 Å². The van der Waals surface area contributed by atoms with Crippen LogP contribution in [0.5, 0.6) is 0 Å². The zero-order chi connectivity index (χ0) is 23.4. The second kappa shape index (κ2) is 10.1. The van der Waals surface area contributed by atoms with Gasteiger partial charge in [-0.1, -0.05) is 48.5 Å². The quantitative estimate of drug-likeness (QED) is 0.460. The summed E-state index contributed by atoms with van der Waals surface area (Å²) in [7, 11) is 2.63. The van der Waals surface area contributed by atoms with Crippen LogP contribution in [0.3, 0.4) is 0 Å². The van der Waals surface area contributed by atoms with Gasteiger partial charge in [0.2, 0.25) is 6.29 Å². The Bertz CT molecular complexity index is 982. The van der Waals surface area contributed by atoms with E-state index in [1.54, 1.807) is 54.6 Å². The van der Waals surface area contributed by atoms with Crippen LogP contribution in [0.1, 0.15) is 28.4 Å². The van der Waals surface area contributed by atoms with Gasteiger partial charge < -0.3 is 18.9 Å². The fourth-order valence-electron chi connectivity index (χ4n) is 4.22. The number of hydroxylamine groups is 2. The third kappa shape index (κ3) is 4.75. The van der Waals surface area contributed by atoms with Crippen molar-refractivity contribution in [3.63, 3.8) is 0 Å². The van der Waals surface area contributed by atoms with Crippen LogP contribution in [0, 0.1) is 5.92 Å². The minimum atomic E-state index is -1.24. The number of carbonyl (C=O) groups is 3. The van der Waals surface area contributed by atoms with Crippen molar-refractivity contribution in [3.8, 4) is 0 Å². The Morgan fingerprint density at radius 3 is 2.27 bits per heavy atom. The Hall–Kier alpha value is -3.27. The van der Waals surface area contributed by atoms with E-state index < -0.39 is 48.4 Å². The van der Waals surface area contributed by atoms with E-state index in [0.29, 0.717) is 24.1 Å². The number of hydrogen-bond acceptors (Lipinski definition) is 9. The van der Waals surface area contributed by atoms with Crippen LogP contribution in [0.15, 0.2) is 60.7 Å². The summed E-state index contributed by atoms with van der Waals surface area (Å²) < 4.78 is 21.5. The predicted molar refractivity (Wildman–Crippen MR) is 113 cm³/mol. The maximum Gasteiger partial charge on any atom is 0.342 e. The average molecular weight is 455 g/mol. The summed E-state index contributed by atoms with van der Waals surface area (Å²) in [6.45, 7) is 0.394. The normalized spacial score (nSPS) is 25.2. The maximum absolute atomic E-state index is 12.9. The van der Waals surface area contributed by atoms with E-state index in [1.807, 2.05) is 6.07 Å². The number of fused-ring (bicyclic) bond motifs is 1. The fraction of sp³-hybridized carbons (Fsp3) is 0.375. The van der Waals surface area contributed by atoms with Gasteiger partial charge in [0.1, 0.15) is 12.0 Å². The molecule has 9 heteroatoms. The standard InChI is InChI=1S/C24H25NO8/c1-29-20(15-9-5-3-6-10-15)23(28)32-24-18(22(27)30-2)19-17(13-14-25(19)33-24)31-21(26)16-11-7-4-8-12-16/h3-12,17-20,24H,13-14H2,1-2H3/t17-,18+,19-,20+,24-/m1/s1. The van der Waals surface area contributed by atoms with E-state index in [2.05, 4.69) is 0 Å². The monoisotopic (exact) mass is 455 g/mol. The molecule has 2 fully saturated rings. The van der Waals surface area contributed by atoms with Crippen molar-refractivity contribution in [2.75, 3.05) is 20.8 Å². The minimum Gasteiger partial charge on any atom is -0.469 e. The van der Waals surface area contributed by atoms with Gasteiger partial charge in [-0.2, -0.15) is 5.06 Å². The summed E-state index contributed by atoms with van der Waals surface area (Å²) in [6.07, 6.45) is -2.41.